The van der Waals surface area contributed by atoms with E-state index in [1.54, 1.807) is 6.92 Å². The second-order valence-corrected chi connectivity index (χ2v) is 8.06. The SMILES string of the molecule is Cc1cc(NC(=O)c2cccc(S(=O)(=O)C[C@@H](C)C(N)=O)c2)ccc1F. The standard InChI is InChI=1S/C18H19FN2O4S/c1-11-8-14(6-7-16(11)19)21-18(23)13-4-3-5-15(9-13)26(24,25)10-12(2)17(20)22/h3-9,12H,10H2,1-2H3,(H2,20,22)(H,21,23)/t12-/m1/s1. The predicted octanol–water partition coefficient (Wildman–Crippen LogP) is 2.28. The molecular weight excluding hydrogens is 359 g/mol. The van der Waals surface area contributed by atoms with Crippen LogP contribution in [0.15, 0.2) is 47.4 Å². The van der Waals surface area contributed by atoms with Crippen LogP contribution in [0.25, 0.3) is 0 Å². The molecule has 0 saturated carbocycles. The van der Waals surface area contributed by atoms with E-state index in [2.05, 4.69) is 5.32 Å². The molecule has 0 fully saturated rings. The van der Waals surface area contributed by atoms with Crippen LogP contribution in [0.2, 0.25) is 0 Å². The van der Waals surface area contributed by atoms with E-state index >= 15 is 0 Å². The Balaban J connectivity index is 2.23. The van der Waals surface area contributed by atoms with Crippen molar-refractivity contribution in [3.63, 3.8) is 0 Å². The lowest BCUT2D eigenvalue weighted by atomic mass is 10.2. The zero-order valence-corrected chi connectivity index (χ0v) is 15.1. The number of hydrogen-bond acceptors (Lipinski definition) is 4. The molecule has 0 heterocycles. The molecule has 2 amide bonds. The number of sulfone groups is 1. The Bertz CT molecular complexity index is 957. The molecule has 0 aliphatic heterocycles. The van der Waals surface area contributed by atoms with Gasteiger partial charge in [-0.3, -0.25) is 9.59 Å². The Morgan fingerprint density at radius 2 is 1.88 bits per heavy atom. The van der Waals surface area contributed by atoms with Gasteiger partial charge in [0.15, 0.2) is 9.84 Å². The maximum Gasteiger partial charge on any atom is 0.255 e. The van der Waals surface area contributed by atoms with Crippen molar-refractivity contribution in [2.45, 2.75) is 18.7 Å². The highest BCUT2D eigenvalue weighted by Crippen LogP contribution is 2.18. The summed E-state index contributed by atoms with van der Waals surface area (Å²) in [4.78, 5) is 23.4. The lowest BCUT2D eigenvalue weighted by Gasteiger charge is -2.10. The highest BCUT2D eigenvalue weighted by Gasteiger charge is 2.22. The van der Waals surface area contributed by atoms with Gasteiger partial charge in [0.1, 0.15) is 5.82 Å². The van der Waals surface area contributed by atoms with E-state index in [4.69, 9.17) is 5.73 Å². The summed E-state index contributed by atoms with van der Waals surface area (Å²) >= 11 is 0. The van der Waals surface area contributed by atoms with E-state index in [1.807, 2.05) is 0 Å². The number of carbonyl (C=O) groups is 2. The van der Waals surface area contributed by atoms with Crippen molar-refractivity contribution in [2.75, 3.05) is 11.1 Å². The number of aryl methyl sites for hydroxylation is 1. The Kier molecular flexibility index (Phi) is 5.76. The first-order valence-corrected chi connectivity index (χ1v) is 9.45. The fourth-order valence-electron chi connectivity index (χ4n) is 2.26. The molecule has 0 unspecified atom stereocenters. The molecule has 138 valence electrons. The van der Waals surface area contributed by atoms with Crippen LogP contribution < -0.4 is 11.1 Å². The monoisotopic (exact) mass is 378 g/mol. The number of rotatable bonds is 6. The predicted molar refractivity (Wildman–Crippen MR) is 95.9 cm³/mol. The third-order valence-corrected chi connectivity index (χ3v) is 5.74. The minimum absolute atomic E-state index is 0.0754. The van der Waals surface area contributed by atoms with E-state index in [0.717, 1.165) is 0 Å². The zero-order chi connectivity index (χ0) is 19.5. The maximum atomic E-state index is 13.3. The second kappa shape index (κ2) is 7.65. The van der Waals surface area contributed by atoms with Crippen molar-refractivity contribution in [1.82, 2.24) is 0 Å². The highest BCUT2D eigenvalue weighted by molar-refractivity contribution is 7.91. The molecule has 26 heavy (non-hydrogen) atoms. The fourth-order valence-corrected chi connectivity index (χ4v) is 3.87. The van der Waals surface area contributed by atoms with Crippen LogP contribution in [0, 0.1) is 18.7 Å². The van der Waals surface area contributed by atoms with Gasteiger partial charge in [-0.25, -0.2) is 12.8 Å². The number of nitrogens with two attached hydrogens (primary N) is 1. The lowest BCUT2D eigenvalue weighted by molar-refractivity contribution is -0.120. The molecule has 6 nitrogen and oxygen atoms in total. The number of amides is 2. The van der Waals surface area contributed by atoms with Gasteiger partial charge in [0.2, 0.25) is 5.91 Å². The average molecular weight is 378 g/mol. The van der Waals surface area contributed by atoms with Crippen LogP contribution in [-0.2, 0) is 14.6 Å². The first-order chi connectivity index (χ1) is 12.1. The summed E-state index contributed by atoms with van der Waals surface area (Å²) in [5.74, 6) is -2.92. The first-order valence-electron chi connectivity index (χ1n) is 7.80. The van der Waals surface area contributed by atoms with Crippen LogP contribution in [-0.4, -0.2) is 26.0 Å². The number of hydrogen-bond donors (Lipinski definition) is 2. The summed E-state index contributed by atoms with van der Waals surface area (Å²) in [6.07, 6.45) is 0. The molecule has 3 N–H and O–H groups in total. The lowest BCUT2D eigenvalue weighted by Crippen LogP contribution is -2.27. The number of benzene rings is 2. The summed E-state index contributed by atoms with van der Waals surface area (Å²) in [5, 5.41) is 2.59. The van der Waals surface area contributed by atoms with Gasteiger partial charge in [-0.15, -0.1) is 0 Å². The molecule has 0 bridgehead atoms. The molecule has 0 aliphatic rings. The van der Waals surface area contributed by atoms with E-state index in [0.29, 0.717) is 11.3 Å². The van der Waals surface area contributed by atoms with E-state index < -0.39 is 33.3 Å². The zero-order valence-electron chi connectivity index (χ0n) is 14.3. The topological polar surface area (TPSA) is 106 Å². The Morgan fingerprint density at radius 1 is 1.19 bits per heavy atom. The average Bonchev–Trinajstić information content (AvgIpc) is 2.58. The van der Waals surface area contributed by atoms with Crippen LogP contribution in [0.1, 0.15) is 22.8 Å². The van der Waals surface area contributed by atoms with Gasteiger partial charge in [0.05, 0.1) is 10.6 Å². The number of primary amides is 1. The minimum Gasteiger partial charge on any atom is -0.369 e. The van der Waals surface area contributed by atoms with Crippen LogP contribution in [0.5, 0.6) is 0 Å². The number of nitrogens with one attached hydrogen (secondary N) is 1. The normalized spacial score (nSPS) is 12.4. The maximum absolute atomic E-state index is 13.3. The van der Waals surface area contributed by atoms with E-state index in [9.17, 15) is 22.4 Å². The summed E-state index contributed by atoms with van der Waals surface area (Å²) in [6, 6.07) is 9.60. The number of anilines is 1. The summed E-state index contributed by atoms with van der Waals surface area (Å²) in [7, 11) is -3.78. The molecule has 0 aliphatic carbocycles. The third-order valence-electron chi connectivity index (χ3n) is 3.83. The van der Waals surface area contributed by atoms with E-state index in [-0.39, 0.29) is 16.3 Å². The molecule has 0 aromatic heterocycles. The van der Waals surface area contributed by atoms with E-state index in [1.165, 1.54) is 49.4 Å². The largest absolute Gasteiger partial charge is 0.369 e. The Morgan fingerprint density at radius 3 is 2.50 bits per heavy atom. The third kappa shape index (κ3) is 4.66. The van der Waals surface area contributed by atoms with Crippen LogP contribution in [0.3, 0.4) is 0 Å². The van der Waals surface area contributed by atoms with Crippen molar-refractivity contribution >= 4 is 27.3 Å². The Hall–Kier alpha value is -2.74. The highest BCUT2D eigenvalue weighted by atomic mass is 32.2. The van der Waals surface area contributed by atoms with Crippen molar-refractivity contribution in [1.29, 1.82) is 0 Å². The molecule has 0 saturated heterocycles. The summed E-state index contributed by atoms with van der Waals surface area (Å²) < 4.78 is 38.1. The van der Waals surface area contributed by atoms with Crippen molar-refractivity contribution < 1.29 is 22.4 Å². The Labute approximate surface area is 151 Å². The van der Waals surface area contributed by atoms with Gasteiger partial charge in [-0.1, -0.05) is 13.0 Å². The van der Waals surface area contributed by atoms with Crippen molar-refractivity contribution in [2.24, 2.45) is 11.7 Å². The van der Waals surface area contributed by atoms with Crippen molar-refractivity contribution in [3.8, 4) is 0 Å². The number of carbonyl (C=O) groups excluding carboxylic acids is 2. The molecule has 1 atom stereocenters. The van der Waals surface area contributed by atoms with Gasteiger partial charge >= 0.3 is 0 Å². The van der Waals surface area contributed by atoms with Crippen LogP contribution >= 0.6 is 0 Å². The quantitative estimate of drug-likeness (QED) is 0.804. The molecule has 2 aromatic carbocycles. The number of halogens is 1. The fraction of sp³-hybridized carbons (Fsp3) is 0.222. The first kappa shape index (κ1) is 19.6. The molecular formula is C18H19FN2O4S. The van der Waals surface area contributed by atoms with Gasteiger partial charge in [-0.05, 0) is 48.9 Å². The van der Waals surface area contributed by atoms with Crippen molar-refractivity contribution in [3.05, 3.63) is 59.4 Å². The van der Waals surface area contributed by atoms with Gasteiger partial charge in [0, 0.05) is 17.2 Å². The molecule has 0 radical (unpaired) electrons. The van der Waals surface area contributed by atoms with Gasteiger partial charge < -0.3 is 11.1 Å². The second-order valence-electron chi connectivity index (χ2n) is 6.03. The summed E-state index contributed by atoms with van der Waals surface area (Å²) in [5.41, 5.74) is 6.01. The molecule has 0 spiro atoms. The smallest absolute Gasteiger partial charge is 0.255 e. The van der Waals surface area contributed by atoms with Gasteiger partial charge in [0.25, 0.3) is 5.91 Å². The molecule has 8 heteroatoms. The summed E-state index contributed by atoms with van der Waals surface area (Å²) in [6.45, 7) is 2.99. The van der Waals surface area contributed by atoms with Gasteiger partial charge in [-0.2, -0.15) is 0 Å². The molecule has 2 rings (SSSR count). The molecule has 2 aromatic rings. The minimum atomic E-state index is -3.78. The van der Waals surface area contributed by atoms with Crippen LogP contribution in [0.4, 0.5) is 10.1 Å².